The first-order valence-electron chi connectivity index (χ1n) is 6.87. The summed E-state index contributed by atoms with van der Waals surface area (Å²) in [6.07, 6.45) is -0.159. The van der Waals surface area contributed by atoms with Crippen molar-refractivity contribution in [3.05, 3.63) is 53.0 Å². The van der Waals surface area contributed by atoms with Gasteiger partial charge < -0.3 is 9.15 Å². The Morgan fingerprint density at radius 1 is 1.10 bits per heavy atom. The van der Waals surface area contributed by atoms with Crippen LogP contribution in [0.4, 0.5) is 0 Å². The summed E-state index contributed by atoms with van der Waals surface area (Å²) in [4.78, 5) is 24.2. The lowest BCUT2D eigenvalue weighted by atomic mass is 10.0. The van der Waals surface area contributed by atoms with Gasteiger partial charge >= 0.3 is 0 Å². The number of hydrogen-bond acceptors (Lipinski definition) is 4. The molecule has 2 rings (SSSR count). The number of carbonyl (C=O) groups is 2. The molecule has 1 aromatic carbocycles. The minimum absolute atomic E-state index is 0.159. The highest BCUT2D eigenvalue weighted by Gasteiger charge is 2.18. The minimum Gasteiger partial charge on any atom is -0.494 e. The van der Waals surface area contributed by atoms with Gasteiger partial charge in [-0.3, -0.25) is 9.59 Å². The van der Waals surface area contributed by atoms with E-state index >= 15 is 0 Å². The van der Waals surface area contributed by atoms with Crippen LogP contribution in [0.3, 0.4) is 0 Å². The Kier molecular flexibility index (Phi) is 4.58. The van der Waals surface area contributed by atoms with Crippen molar-refractivity contribution >= 4 is 11.6 Å². The molecule has 21 heavy (non-hydrogen) atoms. The summed E-state index contributed by atoms with van der Waals surface area (Å²) in [5, 5.41) is 0. The van der Waals surface area contributed by atoms with E-state index in [9.17, 15) is 9.59 Å². The molecule has 0 unspecified atom stereocenters. The first-order valence-corrected chi connectivity index (χ1v) is 6.87. The summed E-state index contributed by atoms with van der Waals surface area (Å²) in [6.45, 7) is 5.97. The SMILES string of the molecule is CCOc1ccc(C(=O)CC(=O)c2cc(C)oc2C)cc1. The van der Waals surface area contributed by atoms with Gasteiger partial charge in [0.15, 0.2) is 11.6 Å². The smallest absolute Gasteiger partial charge is 0.174 e. The summed E-state index contributed by atoms with van der Waals surface area (Å²) in [5.41, 5.74) is 0.983. The number of benzene rings is 1. The molecular formula is C17H18O4. The highest BCUT2D eigenvalue weighted by molar-refractivity contribution is 6.13. The molecule has 0 aliphatic heterocycles. The predicted molar refractivity (Wildman–Crippen MR) is 79.1 cm³/mol. The van der Waals surface area contributed by atoms with Crippen LogP contribution >= 0.6 is 0 Å². The summed E-state index contributed by atoms with van der Waals surface area (Å²) in [6, 6.07) is 8.48. The van der Waals surface area contributed by atoms with Crippen LogP contribution in [-0.2, 0) is 0 Å². The van der Waals surface area contributed by atoms with Crippen LogP contribution in [-0.4, -0.2) is 18.2 Å². The Morgan fingerprint density at radius 3 is 2.29 bits per heavy atom. The van der Waals surface area contributed by atoms with E-state index in [0.29, 0.717) is 35.0 Å². The summed E-state index contributed by atoms with van der Waals surface area (Å²) in [7, 11) is 0. The maximum absolute atomic E-state index is 12.1. The third kappa shape index (κ3) is 3.60. The third-order valence-corrected chi connectivity index (χ3v) is 3.15. The monoisotopic (exact) mass is 286 g/mol. The van der Waals surface area contributed by atoms with E-state index in [0.717, 1.165) is 0 Å². The normalized spacial score (nSPS) is 10.4. The lowest BCUT2D eigenvalue weighted by Gasteiger charge is -2.04. The van der Waals surface area contributed by atoms with Crippen LogP contribution in [0.1, 0.15) is 45.6 Å². The molecule has 0 fully saturated rings. The molecule has 1 aromatic heterocycles. The van der Waals surface area contributed by atoms with Crippen molar-refractivity contribution in [2.24, 2.45) is 0 Å². The van der Waals surface area contributed by atoms with Crippen molar-refractivity contribution in [2.75, 3.05) is 6.61 Å². The average molecular weight is 286 g/mol. The maximum atomic E-state index is 12.1. The summed E-state index contributed by atoms with van der Waals surface area (Å²) >= 11 is 0. The van der Waals surface area contributed by atoms with Crippen molar-refractivity contribution in [3.63, 3.8) is 0 Å². The van der Waals surface area contributed by atoms with Gasteiger partial charge in [0, 0.05) is 5.56 Å². The van der Waals surface area contributed by atoms with E-state index in [2.05, 4.69) is 0 Å². The van der Waals surface area contributed by atoms with Gasteiger partial charge in [0.25, 0.3) is 0 Å². The quantitative estimate of drug-likeness (QED) is 0.599. The van der Waals surface area contributed by atoms with Gasteiger partial charge in [-0.2, -0.15) is 0 Å². The molecule has 1 heterocycles. The lowest BCUT2D eigenvalue weighted by Crippen LogP contribution is -2.09. The van der Waals surface area contributed by atoms with Crippen LogP contribution in [0, 0.1) is 13.8 Å². The number of ether oxygens (including phenoxy) is 1. The standard InChI is InChI=1S/C17H18O4/c1-4-20-14-7-5-13(6-8-14)16(18)10-17(19)15-9-11(2)21-12(15)3/h5-9H,4,10H2,1-3H3. The Bertz CT molecular complexity index is 650. The zero-order valence-electron chi connectivity index (χ0n) is 12.4. The fourth-order valence-corrected chi connectivity index (χ4v) is 2.15. The van der Waals surface area contributed by atoms with Crippen LogP contribution in [0.5, 0.6) is 5.75 Å². The fourth-order valence-electron chi connectivity index (χ4n) is 2.15. The Labute approximate surface area is 123 Å². The molecule has 0 atom stereocenters. The predicted octanol–water partition coefficient (Wildman–Crippen LogP) is 3.75. The maximum Gasteiger partial charge on any atom is 0.174 e. The van der Waals surface area contributed by atoms with Crippen molar-refractivity contribution < 1.29 is 18.7 Å². The molecule has 0 saturated heterocycles. The van der Waals surface area contributed by atoms with Crippen LogP contribution in [0.25, 0.3) is 0 Å². The fraction of sp³-hybridized carbons (Fsp3) is 0.294. The molecular weight excluding hydrogens is 268 g/mol. The molecule has 0 saturated carbocycles. The largest absolute Gasteiger partial charge is 0.494 e. The molecule has 4 nitrogen and oxygen atoms in total. The Balaban J connectivity index is 2.07. The first-order chi connectivity index (χ1) is 10.0. The molecule has 110 valence electrons. The van der Waals surface area contributed by atoms with Crippen molar-refractivity contribution in [2.45, 2.75) is 27.2 Å². The molecule has 0 amide bonds. The van der Waals surface area contributed by atoms with Gasteiger partial charge in [-0.25, -0.2) is 0 Å². The van der Waals surface area contributed by atoms with Crippen molar-refractivity contribution in [1.29, 1.82) is 0 Å². The van der Waals surface area contributed by atoms with E-state index in [1.54, 1.807) is 44.2 Å². The topological polar surface area (TPSA) is 56.5 Å². The van der Waals surface area contributed by atoms with Gasteiger partial charge in [0.05, 0.1) is 18.6 Å². The molecule has 4 heteroatoms. The van der Waals surface area contributed by atoms with Crippen LogP contribution in [0.2, 0.25) is 0 Å². The Morgan fingerprint density at radius 2 is 1.76 bits per heavy atom. The average Bonchev–Trinajstić information content (AvgIpc) is 2.79. The number of ketones is 2. The van der Waals surface area contributed by atoms with E-state index in [1.807, 2.05) is 6.92 Å². The van der Waals surface area contributed by atoms with Gasteiger partial charge in [-0.1, -0.05) is 0 Å². The van der Waals surface area contributed by atoms with E-state index in [4.69, 9.17) is 9.15 Å². The number of furan rings is 1. The van der Waals surface area contributed by atoms with Gasteiger partial charge in [-0.15, -0.1) is 0 Å². The van der Waals surface area contributed by atoms with Gasteiger partial charge in [-0.05, 0) is 51.1 Å². The van der Waals surface area contributed by atoms with Crippen LogP contribution in [0.15, 0.2) is 34.7 Å². The second kappa shape index (κ2) is 6.39. The first kappa shape index (κ1) is 15.0. The zero-order chi connectivity index (χ0) is 15.4. The number of rotatable bonds is 6. The summed E-state index contributed by atoms with van der Waals surface area (Å²) < 4.78 is 10.6. The van der Waals surface area contributed by atoms with Crippen molar-refractivity contribution in [1.82, 2.24) is 0 Å². The van der Waals surface area contributed by atoms with Crippen molar-refractivity contribution in [3.8, 4) is 5.75 Å². The minimum atomic E-state index is -0.219. The number of carbonyl (C=O) groups excluding carboxylic acids is 2. The molecule has 0 spiro atoms. The highest BCUT2D eigenvalue weighted by atomic mass is 16.5. The molecule has 0 N–H and O–H groups in total. The number of Topliss-reactive ketones (excluding diaryl/α,β-unsaturated/α-hetero) is 2. The molecule has 0 bridgehead atoms. The number of aryl methyl sites for hydroxylation is 2. The zero-order valence-corrected chi connectivity index (χ0v) is 12.4. The van der Waals surface area contributed by atoms with E-state index in [-0.39, 0.29) is 18.0 Å². The second-order valence-corrected chi connectivity index (χ2v) is 4.81. The van der Waals surface area contributed by atoms with E-state index in [1.165, 1.54) is 0 Å². The molecule has 2 aromatic rings. The van der Waals surface area contributed by atoms with Gasteiger partial charge in [0.2, 0.25) is 0 Å². The van der Waals surface area contributed by atoms with Crippen LogP contribution < -0.4 is 4.74 Å². The van der Waals surface area contributed by atoms with E-state index < -0.39 is 0 Å². The lowest BCUT2D eigenvalue weighted by molar-refractivity contribution is 0.0893. The molecule has 0 aliphatic carbocycles. The van der Waals surface area contributed by atoms with Gasteiger partial charge in [0.1, 0.15) is 17.3 Å². The number of hydrogen-bond donors (Lipinski definition) is 0. The second-order valence-electron chi connectivity index (χ2n) is 4.81. The summed E-state index contributed by atoms with van der Waals surface area (Å²) in [5.74, 6) is 1.51. The molecule has 0 radical (unpaired) electrons. The Hall–Kier alpha value is -2.36. The molecule has 0 aliphatic rings. The highest BCUT2D eigenvalue weighted by Crippen LogP contribution is 2.18. The third-order valence-electron chi connectivity index (χ3n) is 3.15.